The summed E-state index contributed by atoms with van der Waals surface area (Å²) in [6.45, 7) is 4.19. The van der Waals surface area contributed by atoms with Gasteiger partial charge in [-0.3, -0.25) is 4.90 Å². The fourth-order valence-corrected chi connectivity index (χ4v) is 2.13. The highest BCUT2D eigenvalue weighted by molar-refractivity contribution is 5.92. The highest BCUT2D eigenvalue weighted by Crippen LogP contribution is 2.18. The number of hydrogen-bond donors (Lipinski definition) is 0. The standard InChI is InChI=1S/C13H17FN2O/c1-2-16(12-7-5-11(14)6-8-12)13(17)15-9-3-4-10-15/h5-8H,2-4,9-10H2,1H3. The van der Waals surface area contributed by atoms with Crippen LogP contribution >= 0.6 is 0 Å². The Kier molecular flexibility index (Phi) is 3.61. The van der Waals surface area contributed by atoms with Crippen molar-refractivity contribution in [2.45, 2.75) is 19.8 Å². The van der Waals surface area contributed by atoms with E-state index < -0.39 is 0 Å². The lowest BCUT2D eigenvalue weighted by Crippen LogP contribution is -2.41. The number of carbonyl (C=O) groups is 1. The first kappa shape index (κ1) is 11.9. The zero-order valence-corrected chi connectivity index (χ0v) is 10.0. The van der Waals surface area contributed by atoms with E-state index in [-0.39, 0.29) is 11.8 Å². The van der Waals surface area contributed by atoms with Crippen LogP contribution in [0.25, 0.3) is 0 Å². The Morgan fingerprint density at radius 1 is 1.29 bits per heavy atom. The highest BCUT2D eigenvalue weighted by Gasteiger charge is 2.23. The molecule has 3 nitrogen and oxygen atoms in total. The Labute approximate surface area is 101 Å². The number of anilines is 1. The van der Waals surface area contributed by atoms with E-state index >= 15 is 0 Å². The minimum Gasteiger partial charge on any atom is -0.324 e. The van der Waals surface area contributed by atoms with Crippen LogP contribution in [-0.2, 0) is 0 Å². The zero-order valence-electron chi connectivity index (χ0n) is 10.0. The molecular formula is C13H17FN2O. The molecule has 1 aromatic carbocycles. The van der Waals surface area contributed by atoms with Gasteiger partial charge >= 0.3 is 6.03 Å². The number of halogens is 1. The minimum atomic E-state index is -0.279. The minimum absolute atomic E-state index is 0.0246. The summed E-state index contributed by atoms with van der Waals surface area (Å²) in [5.41, 5.74) is 0.755. The van der Waals surface area contributed by atoms with E-state index in [1.165, 1.54) is 12.1 Å². The van der Waals surface area contributed by atoms with Gasteiger partial charge < -0.3 is 4.90 Å². The molecule has 1 aliphatic heterocycles. The van der Waals surface area contributed by atoms with Crippen molar-refractivity contribution in [1.82, 2.24) is 4.90 Å². The molecule has 2 rings (SSSR count). The summed E-state index contributed by atoms with van der Waals surface area (Å²) in [6.07, 6.45) is 2.15. The molecule has 2 amide bonds. The Balaban J connectivity index is 2.14. The molecule has 1 aromatic rings. The molecule has 1 heterocycles. The van der Waals surface area contributed by atoms with Crippen LogP contribution in [0.1, 0.15) is 19.8 Å². The second-order valence-electron chi connectivity index (χ2n) is 4.20. The summed E-state index contributed by atoms with van der Waals surface area (Å²) in [5, 5.41) is 0. The Bertz CT molecular complexity index is 385. The number of benzene rings is 1. The van der Waals surface area contributed by atoms with Crippen molar-refractivity contribution < 1.29 is 9.18 Å². The lowest BCUT2D eigenvalue weighted by atomic mass is 10.3. The van der Waals surface area contributed by atoms with Crippen LogP contribution < -0.4 is 4.90 Å². The molecule has 0 atom stereocenters. The maximum absolute atomic E-state index is 12.8. The number of nitrogens with zero attached hydrogens (tertiary/aromatic N) is 2. The second kappa shape index (κ2) is 5.17. The molecule has 0 bridgehead atoms. The largest absolute Gasteiger partial charge is 0.324 e. The Morgan fingerprint density at radius 3 is 2.41 bits per heavy atom. The van der Waals surface area contributed by atoms with Gasteiger partial charge in [-0.25, -0.2) is 9.18 Å². The lowest BCUT2D eigenvalue weighted by Gasteiger charge is -2.26. The van der Waals surface area contributed by atoms with Crippen molar-refractivity contribution >= 4 is 11.7 Å². The van der Waals surface area contributed by atoms with Gasteiger partial charge in [0.15, 0.2) is 0 Å². The Hall–Kier alpha value is -1.58. The van der Waals surface area contributed by atoms with E-state index in [0.29, 0.717) is 6.54 Å². The predicted octanol–water partition coefficient (Wildman–Crippen LogP) is 2.87. The van der Waals surface area contributed by atoms with E-state index in [4.69, 9.17) is 0 Å². The summed E-state index contributed by atoms with van der Waals surface area (Å²) >= 11 is 0. The highest BCUT2D eigenvalue weighted by atomic mass is 19.1. The van der Waals surface area contributed by atoms with Crippen molar-refractivity contribution in [2.75, 3.05) is 24.5 Å². The van der Waals surface area contributed by atoms with Gasteiger partial charge in [0.05, 0.1) is 0 Å². The average molecular weight is 236 g/mol. The van der Waals surface area contributed by atoms with Crippen LogP contribution in [0.5, 0.6) is 0 Å². The normalized spacial score (nSPS) is 15.1. The first-order valence-electron chi connectivity index (χ1n) is 6.04. The number of urea groups is 1. The van der Waals surface area contributed by atoms with Gasteiger partial charge in [-0.05, 0) is 44.0 Å². The molecule has 4 heteroatoms. The molecule has 0 spiro atoms. The number of likely N-dealkylation sites (tertiary alicyclic amines) is 1. The molecule has 0 N–H and O–H groups in total. The molecule has 0 aliphatic carbocycles. The van der Waals surface area contributed by atoms with Crippen LogP contribution in [-0.4, -0.2) is 30.6 Å². The van der Waals surface area contributed by atoms with E-state index in [0.717, 1.165) is 31.6 Å². The summed E-state index contributed by atoms with van der Waals surface area (Å²) in [5.74, 6) is -0.279. The second-order valence-corrected chi connectivity index (χ2v) is 4.20. The topological polar surface area (TPSA) is 23.6 Å². The van der Waals surface area contributed by atoms with Gasteiger partial charge in [-0.2, -0.15) is 0 Å². The molecule has 0 unspecified atom stereocenters. The molecule has 0 aromatic heterocycles. The van der Waals surface area contributed by atoms with Crippen LogP contribution in [0.3, 0.4) is 0 Å². The summed E-state index contributed by atoms with van der Waals surface area (Å²) in [4.78, 5) is 15.8. The monoisotopic (exact) mass is 236 g/mol. The maximum atomic E-state index is 12.8. The number of carbonyl (C=O) groups excluding carboxylic acids is 1. The van der Waals surface area contributed by atoms with E-state index in [1.807, 2.05) is 11.8 Å². The molecule has 92 valence electrons. The van der Waals surface area contributed by atoms with Crippen molar-refractivity contribution in [3.05, 3.63) is 30.1 Å². The third-order valence-electron chi connectivity index (χ3n) is 3.06. The number of hydrogen-bond acceptors (Lipinski definition) is 1. The van der Waals surface area contributed by atoms with Crippen LogP contribution in [0.15, 0.2) is 24.3 Å². The van der Waals surface area contributed by atoms with Crippen molar-refractivity contribution in [3.8, 4) is 0 Å². The van der Waals surface area contributed by atoms with Crippen LogP contribution in [0.2, 0.25) is 0 Å². The third kappa shape index (κ3) is 2.57. The SMILES string of the molecule is CCN(C(=O)N1CCCC1)c1ccc(F)cc1. The fraction of sp³-hybridized carbons (Fsp3) is 0.462. The van der Waals surface area contributed by atoms with Gasteiger partial charge in [0.1, 0.15) is 5.82 Å². The van der Waals surface area contributed by atoms with Gasteiger partial charge in [-0.15, -0.1) is 0 Å². The van der Waals surface area contributed by atoms with Gasteiger partial charge in [0.2, 0.25) is 0 Å². The smallest absolute Gasteiger partial charge is 0.324 e. The van der Waals surface area contributed by atoms with Crippen LogP contribution in [0, 0.1) is 5.82 Å². The number of rotatable bonds is 2. The Morgan fingerprint density at radius 2 is 1.88 bits per heavy atom. The molecule has 1 fully saturated rings. The fourth-order valence-electron chi connectivity index (χ4n) is 2.13. The molecule has 1 saturated heterocycles. The van der Waals surface area contributed by atoms with Gasteiger partial charge in [0.25, 0.3) is 0 Å². The van der Waals surface area contributed by atoms with Crippen molar-refractivity contribution in [1.29, 1.82) is 0 Å². The first-order chi connectivity index (χ1) is 8.22. The summed E-state index contributed by atoms with van der Waals surface area (Å²) in [6, 6.07) is 6.08. The lowest BCUT2D eigenvalue weighted by molar-refractivity contribution is 0.216. The number of amides is 2. The molecule has 1 aliphatic rings. The van der Waals surface area contributed by atoms with Gasteiger partial charge in [0, 0.05) is 25.3 Å². The van der Waals surface area contributed by atoms with E-state index in [2.05, 4.69) is 0 Å². The van der Waals surface area contributed by atoms with Crippen LogP contribution in [0.4, 0.5) is 14.9 Å². The summed E-state index contributed by atoms with van der Waals surface area (Å²) in [7, 11) is 0. The molecule has 0 radical (unpaired) electrons. The quantitative estimate of drug-likeness (QED) is 0.774. The third-order valence-corrected chi connectivity index (χ3v) is 3.06. The van der Waals surface area contributed by atoms with Crippen molar-refractivity contribution in [3.63, 3.8) is 0 Å². The van der Waals surface area contributed by atoms with Crippen molar-refractivity contribution in [2.24, 2.45) is 0 Å². The zero-order chi connectivity index (χ0) is 12.3. The molecule has 17 heavy (non-hydrogen) atoms. The van der Waals surface area contributed by atoms with E-state index in [1.54, 1.807) is 17.0 Å². The molecule has 0 saturated carbocycles. The maximum Gasteiger partial charge on any atom is 0.324 e. The summed E-state index contributed by atoms with van der Waals surface area (Å²) < 4.78 is 12.8. The molecular weight excluding hydrogens is 219 g/mol. The van der Waals surface area contributed by atoms with Gasteiger partial charge in [-0.1, -0.05) is 0 Å². The predicted molar refractivity (Wildman–Crippen MR) is 65.6 cm³/mol. The average Bonchev–Trinajstić information content (AvgIpc) is 2.86. The first-order valence-corrected chi connectivity index (χ1v) is 6.04. The van der Waals surface area contributed by atoms with E-state index in [9.17, 15) is 9.18 Å².